The average molecular weight is 267 g/mol. The largest absolute Gasteiger partial charge is 0.388 e. The molecule has 6 heteroatoms. The first-order valence-corrected chi connectivity index (χ1v) is 6.49. The molecule has 1 aromatic rings. The molecule has 2 atom stereocenters. The lowest BCUT2D eigenvalue weighted by molar-refractivity contribution is -0.133. The molecule has 1 saturated heterocycles. The van der Waals surface area contributed by atoms with Gasteiger partial charge in [-0.25, -0.2) is 0 Å². The molecule has 2 heterocycles. The molecule has 0 unspecified atom stereocenters. The number of carbonyl (C=O) groups excluding carboxylic acids is 1. The topological polar surface area (TPSA) is 67.6 Å². The number of hydrogen-bond acceptors (Lipinski definition) is 4. The van der Waals surface area contributed by atoms with E-state index < -0.39 is 6.10 Å². The molecule has 0 radical (unpaired) electrons. The highest BCUT2D eigenvalue weighted by atomic mass is 16.5. The Morgan fingerprint density at radius 1 is 1.63 bits per heavy atom. The first-order chi connectivity index (χ1) is 9.00. The Kier molecular flexibility index (Phi) is 4.21. The second-order valence-corrected chi connectivity index (χ2v) is 5.06. The molecule has 1 fully saturated rings. The maximum absolute atomic E-state index is 12.1. The summed E-state index contributed by atoms with van der Waals surface area (Å²) in [5.74, 6) is 0.0257. The summed E-state index contributed by atoms with van der Waals surface area (Å²) in [5.41, 5.74) is 2.17. The van der Waals surface area contributed by atoms with Crippen molar-refractivity contribution in [2.75, 3.05) is 20.3 Å². The molecule has 1 aliphatic rings. The normalized spacial score (nSPS) is 22.7. The van der Waals surface area contributed by atoms with Crippen LogP contribution in [0.15, 0.2) is 6.20 Å². The van der Waals surface area contributed by atoms with Gasteiger partial charge in [0.1, 0.15) is 0 Å². The quantitative estimate of drug-likeness (QED) is 0.826. The highest BCUT2D eigenvalue weighted by Crippen LogP contribution is 2.14. The summed E-state index contributed by atoms with van der Waals surface area (Å²) < 4.78 is 6.97. The van der Waals surface area contributed by atoms with Crippen molar-refractivity contribution in [1.29, 1.82) is 0 Å². The van der Waals surface area contributed by atoms with Crippen LogP contribution in [0, 0.1) is 6.92 Å². The SMILES string of the molecule is Cc1c(CCC(=O)N(C)[C@@H]2COC[C@H]2O)cnn1C. The number of aryl methyl sites for hydroxylation is 2. The number of likely N-dealkylation sites (N-methyl/N-ethyl adjacent to an activating group) is 1. The highest BCUT2D eigenvalue weighted by molar-refractivity contribution is 5.76. The molecule has 106 valence electrons. The van der Waals surface area contributed by atoms with E-state index in [0.29, 0.717) is 26.1 Å². The van der Waals surface area contributed by atoms with E-state index >= 15 is 0 Å². The van der Waals surface area contributed by atoms with Gasteiger partial charge in [0.2, 0.25) is 5.91 Å². The number of aliphatic hydroxyl groups is 1. The Balaban J connectivity index is 1.89. The molecule has 2 rings (SSSR count). The molecule has 1 aromatic heterocycles. The van der Waals surface area contributed by atoms with Gasteiger partial charge in [-0.05, 0) is 18.9 Å². The third-order valence-corrected chi connectivity index (χ3v) is 3.86. The summed E-state index contributed by atoms with van der Waals surface area (Å²) in [6.45, 7) is 2.71. The number of nitrogens with zero attached hydrogens (tertiary/aromatic N) is 3. The highest BCUT2D eigenvalue weighted by Gasteiger charge is 2.31. The standard InChI is InChI=1S/C13H21N3O3/c1-9-10(6-14-16(9)3)4-5-13(18)15(2)11-7-19-8-12(11)17/h6,11-12,17H,4-5,7-8H2,1-3H3/t11-,12-/m1/s1. The molecular weight excluding hydrogens is 246 g/mol. The van der Waals surface area contributed by atoms with E-state index in [0.717, 1.165) is 11.3 Å². The average Bonchev–Trinajstić information content (AvgIpc) is 2.94. The van der Waals surface area contributed by atoms with Gasteiger partial charge in [0.15, 0.2) is 0 Å². The number of aliphatic hydroxyl groups excluding tert-OH is 1. The van der Waals surface area contributed by atoms with E-state index in [1.807, 2.05) is 14.0 Å². The van der Waals surface area contributed by atoms with Crippen LogP contribution in [0.25, 0.3) is 0 Å². The van der Waals surface area contributed by atoms with Gasteiger partial charge in [-0.15, -0.1) is 0 Å². The summed E-state index contributed by atoms with van der Waals surface area (Å²) in [6, 6.07) is -0.220. The Morgan fingerprint density at radius 3 is 2.89 bits per heavy atom. The van der Waals surface area contributed by atoms with Gasteiger partial charge >= 0.3 is 0 Å². The minimum Gasteiger partial charge on any atom is -0.388 e. The van der Waals surface area contributed by atoms with Crippen LogP contribution >= 0.6 is 0 Å². The number of carbonyl (C=O) groups is 1. The second-order valence-electron chi connectivity index (χ2n) is 5.06. The molecule has 6 nitrogen and oxygen atoms in total. The van der Waals surface area contributed by atoms with Crippen molar-refractivity contribution in [2.24, 2.45) is 7.05 Å². The molecule has 0 spiro atoms. The van der Waals surface area contributed by atoms with E-state index in [1.165, 1.54) is 0 Å². The van der Waals surface area contributed by atoms with E-state index in [2.05, 4.69) is 5.10 Å². The molecule has 0 aromatic carbocycles. The Hall–Kier alpha value is -1.40. The van der Waals surface area contributed by atoms with Gasteiger partial charge in [-0.3, -0.25) is 9.48 Å². The zero-order valence-corrected chi connectivity index (χ0v) is 11.7. The molecule has 0 aliphatic carbocycles. The zero-order valence-electron chi connectivity index (χ0n) is 11.7. The van der Waals surface area contributed by atoms with Crippen LogP contribution in [0.2, 0.25) is 0 Å². The summed E-state index contributed by atoms with van der Waals surface area (Å²) in [7, 11) is 3.61. The fourth-order valence-electron chi connectivity index (χ4n) is 2.29. The minimum atomic E-state index is -0.575. The molecule has 1 amide bonds. The lowest BCUT2D eigenvalue weighted by Gasteiger charge is -2.25. The lowest BCUT2D eigenvalue weighted by Crippen LogP contribution is -2.44. The number of amides is 1. The van der Waals surface area contributed by atoms with Crippen LogP contribution in [-0.4, -0.2) is 58.1 Å². The van der Waals surface area contributed by atoms with E-state index in [1.54, 1.807) is 22.8 Å². The fraction of sp³-hybridized carbons (Fsp3) is 0.692. The van der Waals surface area contributed by atoms with Crippen molar-refractivity contribution >= 4 is 5.91 Å². The molecule has 0 saturated carbocycles. The van der Waals surface area contributed by atoms with Crippen molar-refractivity contribution < 1.29 is 14.6 Å². The van der Waals surface area contributed by atoms with E-state index in [4.69, 9.17) is 4.74 Å². The van der Waals surface area contributed by atoms with Gasteiger partial charge in [0.25, 0.3) is 0 Å². The van der Waals surface area contributed by atoms with Crippen LogP contribution in [0.5, 0.6) is 0 Å². The second kappa shape index (κ2) is 5.71. The third-order valence-electron chi connectivity index (χ3n) is 3.86. The summed E-state index contributed by atoms with van der Waals surface area (Å²) in [5, 5.41) is 13.9. The number of hydrogen-bond donors (Lipinski definition) is 1. The van der Waals surface area contributed by atoms with Crippen LogP contribution in [0.1, 0.15) is 17.7 Å². The summed E-state index contributed by atoms with van der Waals surface area (Å²) in [4.78, 5) is 13.7. The number of aromatic nitrogens is 2. The molecular formula is C13H21N3O3. The van der Waals surface area contributed by atoms with Crippen molar-refractivity contribution in [1.82, 2.24) is 14.7 Å². The molecule has 19 heavy (non-hydrogen) atoms. The van der Waals surface area contributed by atoms with Crippen molar-refractivity contribution in [2.45, 2.75) is 31.9 Å². The predicted octanol–water partition coefficient (Wildman–Crippen LogP) is -0.121. The van der Waals surface area contributed by atoms with Gasteiger partial charge < -0.3 is 14.7 Å². The maximum Gasteiger partial charge on any atom is 0.223 e. The van der Waals surface area contributed by atoms with Crippen molar-refractivity contribution in [3.63, 3.8) is 0 Å². The minimum absolute atomic E-state index is 0.0257. The summed E-state index contributed by atoms with van der Waals surface area (Å²) in [6.07, 6.45) is 2.32. The Morgan fingerprint density at radius 2 is 2.37 bits per heavy atom. The van der Waals surface area contributed by atoms with Crippen LogP contribution in [-0.2, 0) is 23.0 Å². The van der Waals surface area contributed by atoms with Gasteiger partial charge in [-0.2, -0.15) is 5.10 Å². The van der Waals surface area contributed by atoms with Crippen LogP contribution in [0.4, 0.5) is 0 Å². The van der Waals surface area contributed by atoms with Crippen LogP contribution in [0.3, 0.4) is 0 Å². The summed E-state index contributed by atoms with van der Waals surface area (Å²) >= 11 is 0. The monoisotopic (exact) mass is 267 g/mol. The molecule has 0 bridgehead atoms. The first kappa shape index (κ1) is 14.0. The van der Waals surface area contributed by atoms with E-state index in [9.17, 15) is 9.90 Å². The fourth-order valence-corrected chi connectivity index (χ4v) is 2.29. The predicted molar refractivity (Wildman–Crippen MR) is 69.6 cm³/mol. The lowest BCUT2D eigenvalue weighted by atomic mass is 10.1. The first-order valence-electron chi connectivity index (χ1n) is 6.49. The third kappa shape index (κ3) is 2.96. The number of ether oxygens (including phenoxy) is 1. The smallest absolute Gasteiger partial charge is 0.223 e. The van der Waals surface area contributed by atoms with Gasteiger partial charge in [-0.1, -0.05) is 0 Å². The maximum atomic E-state index is 12.1. The Labute approximate surface area is 113 Å². The molecule has 1 aliphatic heterocycles. The number of rotatable bonds is 4. The van der Waals surface area contributed by atoms with Gasteiger partial charge in [0, 0.05) is 26.2 Å². The van der Waals surface area contributed by atoms with E-state index in [-0.39, 0.29) is 11.9 Å². The molecule has 1 N–H and O–H groups in total. The zero-order chi connectivity index (χ0) is 14.0. The van der Waals surface area contributed by atoms with Gasteiger partial charge in [0.05, 0.1) is 31.6 Å². The van der Waals surface area contributed by atoms with Crippen LogP contribution < -0.4 is 0 Å². The Bertz CT molecular complexity index is 458. The van der Waals surface area contributed by atoms with Crippen molar-refractivity contribution in [3.05, 3.63) is 17.5 Å². The van der Waals surface area contributed by atoms with Crippen molar-refractivity contribution in [3.8, 4) is 0 Å².